The third-order valence-corrected chi connectivity index (χ3v) is 4.42. The minimum atomic E-state index is -0.160. The smallest absolute Gasteiger partial charge is 0.262 e. The van der Waals surface area contributed by atoms with Gasteiger partial charge in [-0.3, -0.25) is 4.79 Å². The molecule has 0 bridgehead atoms. The van der Waals surface area contributed by atoms with Crippen LogP contribution in [0.15, 0.2) is 89.1 Å². The minimum Gasteiger partial charge on any atom is -0.482 e. The first-order valence-corrected chi connectivity index (χ1v) is 9.01. The van der Waals surface area contributed by atoms with E-state index in [0.29, 0.717) is 11.4 Å². The quantitative estimate of drug-likeness (QED) is 0.551. The van der Waals surface area contributed by atoms with E-state index in [1.54, 1.807) is 0 Å². The number of amides is 1. The van der Waals surface area contributed by atoms with Crippen LogP contribution in [0.1, 0.15) is 23.6 Å². The summed E-state index contributed by atoms with van der Waals surface area (Å²) >= 11 is 0. The third kappa shape index (κ3) is 3.83. The lowest BCUT2D eigenvalue weighted by molar-refractivity contribution is -0.118. The minimum absolute atomic E-state index is 0.0429. The Hall–Kier alpha value is -3.73. The molecular formula is C23H19N3O2. The van der Waals surface area contributed by atoms with Crippen molar-refractivity contribution >= 4 is 23.0 Å². The Bertz CT molecular complexity index is 1020. The summed E-state index contributed by atoms with van der Waals surface area (Å²) < 4.78 is 5.40. The Labute approximate surface area is 163 Å². The van der Waals surface area contributed by atoms with Gasteiger partial charge in [-0.25, -0.2) is 0 Å². The summed E-state index contributed by atoms with van der Waals surface area (Å²) in [6.45, 7) is 1.94. The van der Waals surface area contributed by atoms with Crippen LogP contribution in [0, 0.1) is 0 Å². The van der Waals surface area contributed by atoms with Crippen molar-refractivity contribution in [1.29, 1.82) is 0 Å². The molecule has 0 spiro atoms. The second-order valence-corrected chi connectivity index (χ2v) is 6.41. The molecule has 0 radical (unpaired) electrons. The van der Waals surface area contributed by atoms with Crippen LogP contribution >= 0.6 is 0 Å². The summed E-state index contributed by atoms with van der Waals surface area (Å²) in [5.74, 6) is 0.501. The molecule has 28 heavy (non-hydrogen) atoms. The average molecular weight is 369 g/mol. The van der Waals surface area contributed by atoms with Gasteiger partial charge in [-0.15, -0.1) is 5.10 Å². The van der Waals surface area contributed by atoms with Crippen LogP contribution in [0.2, 0.25) is 0 Å². The summed E-state index contributed by atoms with van der Waals surface area (Å²) in [5, 5.41) is 11.8. The molecule has 0 aromatic heterocycles. The number of anilines is 1. The van der Waals surface area contributed by atoms with Gasteiger partial charge >= 0.3 is 0 Å². The maximum atomic E-state index is 11.5. The van der Waals surface area contributed by atoms with E-state index in [1.165, 1.54) is 0 Å². The van der Waals surface area contributed by atoms with Crippen LogP contribution in [-0.2, 0) is 4.79 Å². The topological polar surface area (TPSA) is 63.0 Å². The molecule has 5 nitrogen and oxygen atoms in total. The number of carbonyl (C=O) groups excluding carboxylic acids is 1. The zero-order valence-electron chi connectivity index (χ0n) is 15.4. The number of nitrogens with one attached hydrogen (secondary N) is 1. The third-order valence-electron chi connectivity index (χ3n) is 4.42. The molecule has 1 N–H and O–H groups in total. The Morgan fingerprint density at radius 1 is 0.857 bits per heavy atom. The molecule has 0 unspecified atom stereocenters. The zero-order chi connectivity index (χ0) is 19.3. The van der Waals surface area contributed by atoms with E-state index in [2.05, 4.69) is 15.5 Å². The zero-order valence-corrected chi connectivity index (χ0v) is 15.4. The van der Waals surface area contributed by atoms with E-state index in [4.69, 9.17) is 4.74 Å². The highest BCUT2D eigenvalue weighted by molar-refractivity contribution is 6.13. The van der Waals surface area contributed by atoms with E-state index in [0.717, 1.165) is 28.1 Å². The molecule has 1 aliphatic heterocycles. The number of hydrogen-bond donors (Lipinski definition) is 1. The van der Waals surface area contributed by atoms with Crippen molar-refractivity contribution in [2.24, 2.45) is 10.2 Å². The summed E-state index contributed by atoms with van der Waals surface area (Å²) in [4.78, 5) is 11.5. The molecule has 0 fully saturated rings. The van der Waals surface area contributed by atoms with Gasteiger partial charge in [0, 0.05) is 11.1 Å². The Morgan fingerprint density at radius 3 is 2.14 bits per heavy atom. The molecule has 0 atom stereocenters. The lowest BCUT2D eigenvalue weighted by Gasteiger charge is -2.18. The van der Waals surface area contributed by atoms with Crippen LogP contribution in [0.3, 0.4) is 0 Å². The maximum Gasteiger partial charge on any atom is 0.262 e. The fourth-order valence-electron chi connectivity index (χ4n) is 2.97. The number of nitrogens with zero attached hydrogens (tertiary/aromatic N) is 2. The van der Waals surface area contributed by atoms with Gasteiger partial charge in [-0.05, 0) is 30.7 Å². The molecule has 1 heterocycles. The fraction of sp³-hybridized carbons (Fsp3) is 0.0870. The van der Waals surface area contributed by atoms with Gasteiger partial charge in [-0.2, -0.15) is 5.10 Å². The average Bonchev–Trinajstić information content (AvgIpc) is 2.74. The van der Waals surface area contributed by atoms with Crippen molar-refractivity contribution in [2.45, 2.75) is 6.92 Å². The molecule has 5 heteroatoms. The fourth-order valence-corrected chi connectivity index (χ4v) is 2.97. The number of rotatable bonds is 4. The van der Waals surface area contributed by atoms with Crippen LogP contribution in [-0.4, -0.2) is 23.9 Å². The largest absolute Gasteiger partial charge is 0.482 e. The second kappa shape index (κ2) is 7.88. The molecule has 3 aromatic carbocycles. The van der Waals surface area contributed by atoms with E-state index in [9.17, 15) is 4.79 Å². The molecule has 138 valence electrons. The van der Waals surface area contributed by atoms with E-state index < -0.39 is 0 Å². The van der Waals surface area contributed by atoms with Gasteiger partial charge in [-0.1, -0.05) is 60.7 Å². The number of carbonyl (C=O) groups is 1. The van der Waals surface area contributed by atoms with Gasteiger partial charge in [0.25, 0.3) is 5.91 Å². The first kappa shape index (κ1) is 17.7. The SMILES string of the molecule is C/C(=N/N=C(c1ccccc1)c1ccccc1)c1ccc2c(c1)NC(=O)CO2. The van der Waals surface area contributed by atoms with Crippen LogP contribution < -0.4 is 10.1 Å². The van der Waals surface area contributed by atoms with Crippen LogP contribution in [0.25, 0.3) is 0 Å². The van der Waals surface area contributed by atoms with Crippen LogP contribution in [0.4, 0.5) is 5.69 Å². The van der Waals surface area contributed by atoms with Crippen molar-refractivity contribution in [3.05, 3.63) is 95.6 Å². The number of fused-ring (bicyclic) bond motifs is 1. The number of benzene rings is 3. The van der Waals surface area contributed by atoms with E-state index in [-0.39, 0.29) is 12.5 Å². The van der Waals surface area contributed by atoms with Crippen molar-refractivity contribution in [3.63, 3.8) is 0 Å². The Kier molecular flexibility index (Phi) is 4.97. The van der Waals surface area contributed by atoms with E-state index in [1.807, 2.05) is 85.8 Å². The lowest BCUT2D eigenvalue weighted by Crippen LogP contribution is -2.25. The summed E-state index contributed by atoms with van der Waals surface area (Å²) in [5.41, 5.74) is 5.06. The predicted octanol–water partition coefficient (Wildman–Crippen LogP) is 4.28. The van der Waals surface area contributed by atoms with Crippen molar-refractivity contribution in [3.8, 4) is 5.75 Å². The Balaban J connectivity index is 1.70. The Morgan fingerprint density at radius 2 is 1.50 bits per heavy atom. The summed E-state index contributed by atoms with van der Waals surface area (Å²) in [7, 11) is 0. The highest BCUT2D eigenvalue weighted by Crippen LogP contribution is 2.28. The number of ether oxygens (including phenoxy) is 1. The van der Waals surface area contributed by atoms with Crippen molar-refractivity contribution in [1.82, 2.24) is 0 Å². The first-order chi connectivity index (χ1) is 13.7. The molecule has 3 aromatic rings. The van der Waals surface area contributed by atoms with Crippen molar-refractivity contribution < 1.29 is 9.53 Å². The first-order valence-electron chi connectivity index (χ1n) is 9.01. The van der Waals surface area contributed by atoms with Gasteiger partial charge in [0.05, 0.1) is 11.4 Å². The van der Waals surface area contributed by atoms with Gasteiger partial charge in [0.2, 0.25) is 0 Å². The second-order valence-electron chi connectivity index (χ2n) is 6.41. The predicted molar refractivity (Wildman–Crippen MR) is 111 cm³/mol. The summed E-state index contributed by atoms with van der Waals surface area (Å²) in [6.07, 6.45) is 0. The van der Waals surface area contributed by atoms with Gasteiger partial charge in [0.15, 0.2) is 6.61 Å². The highest BCUT2D eigenvalue weighted by Gasteiger charge is 2.16. The normalized spacial score (nSPS) is 13.2. The molecule has 0 aliphatic carbocycles. The molecule has 1 aliphatic rings. The lowest BCUT2D eigenvalue weighted by atomic mass is 10.0. The standard InChI is InChI=1S/C23H19N3O2/c1-16(19-12-13-21-20(14-19)24-22(27)15-28-21)25-26-23(17-8-4-2-5-9-17)18-10-6-3-7-11-18/h2-14H,15H2,1H3,(H,24,27)/b25-16-. The van der Waals surface area contributed by atoms with Gasteiger partial charge < -0.3 is 10.1 Å². The molecule has 1 amide bonds. The highest BCUT2D eigenvalue weighted by atomic mass is 16.5. The van der Waals surface area contributed by atoms with Gasteiger partial charge in [0.1, 0.15) is 11.5 Å². The molecule has 4 rings (SSSR count). The molecule has 0 saturated carbocycles. The monoisotopic (exact) mass is 369 g/mol. The summed E-state index contributed by atoms with van der Waals surface area (Å²) in [6, 6.07) is 25.5. The molecule has 0 saturated heterocycles. The maximum absolute atomic E-state index is 11.5. The van der Waals surface area contributed by atoms with Crippen LogP contribution in [0.5, 0.6) is 5.75 Å². The van der Waals surface area contributed by atoms with E-state index >= 15 is 0 Å². The molecular weight excluding hydrogens is 350 g/mol. The number of hydrogen-bond acceptors (Lipinski definition) is 4. The van der Waals surface area contributed by atoms with Crippen molar-refractivity contribution in [2.75, 3.05) is 11.9 Å².